The van der Waals surface area contributed by atoms with E-state index in [-0.39, 0.29) is 17.3 Å². The van der Waals surface area contributed by atoms with Gasteiger partial charge in [-0.3, -0.25) is 9.69 Å². The third-order valence-electron chi connectivity index (χ3n) is 4.33. The summed E-state index contributed by atoms with van der Waals surface area (Å²) in [6.45, 7) is 0. The van der Waals surface area contributed by atoms with Crippen LogP contribution in [0.4, 0.5) is 10.1 Å². The minimum absolute atomic E-state index is 0.116. The number of aliphatic imine (C=N–C) groups is 1. The van der Waals surface area contributed by atoms with Crippen molar-refractivity contribution >= 4 is 40.6 Å². The molecule has 1 aromatic heterocycles. The van der Waals surface area contributed by atoms with E-state index < -0.39 is 5.97 Å². The van der Waals surface area contributed by atoms with Gasteiger partial charge < -0.3 is 9.52 Å². The van der Waals surface area contributed by atoms with Crippen molar-refractivity contribution in [1.82, 2.24) is 4.90 Å². The fraction of sp³-hybridized carbons (Fsp3) is 0.0455. The lowest BCUT2D eigenvalue weighted by atomic mass is 10.2. The van der Waals surface area contributed by atoms with Crippen LogP contribution in [0.15, 0.2) is 75.0 Å². The maximum atomic E-state index is 13.4. The number of benzene rings is 2. The van der Waals surface area contributed by atoms with Crippen LogP contribution in [-0.2, 0) is 4.79 Å². The van der Waals surface area contributed by atoms with Crippen LogP contribution in [0.3, 0.4) is 0 Å². The zero-order valence-electron chi connectivity index (χ0n) is 15.7. The third kappa shape index (κ3) is 4.04. The molecule has 0 bridgehead atoms. The van der Waals surface area contributed by atoms with E-state index in [1.54, 1.807) is 49.5 Å². The highest BCUT2D eigenvalue weighted by molar-refractivity contribution is 8.18. The second kappa shape index (κ2) is 8.00. The van der Waals surface area contributed by atoms with E-state index in [0.29, 0.717) is 32.8 Å². The molecule has 3 aromatic rings. The van der Waals surface area contributed by atoms with Gasteiger partial charge in [-0.2, -0.15) is 0 Å². The van der Waals surface area contributed by atoms with E-state index in [9.17, 15) is 14.0 Å². The molecular weight excluding hydrogens is 407 g/mol. The summed E-state index contributed by atoms with van der Waals surface area (Å²) in [5, 5.41) is 9.53. The number of carbonyl (C=O) groups excluding carboxylic acids is 1. The van der Waals surface area contributed by atoms with E-state index in [4.69, 9.17) is 9.52 Å². The lowest BCUT2D eigenvalue weighted by molar-refractivity contribution is -0.121. The number of carbonyl (C=O) groups is 2. The zero-order valence-corrected chi connectivity index (χ0v) is 16.5. The van der Waals surface area contributed by atoms with Crippen LogP contribution < -0.4 is 0 Å². The Balaban J connectivity index is 1.59. The molecule has 1 saturated heterocycles. The minimum atomic E-state index is -1.05. The van der Waals surface area contributed by atoms with Crippen LogP contribution in [0, 0.1) is 5.82 Å². The molecule has 1 N–H and O–H groups in total. The molecular formula is C22H15FN2O4S. The number of carboxylic acid groups (broad SMARTS) is 1. The number of carboxylic acids is 1. The van der Waals surface area contributed by atoms with Crippen molar-refractivity contribution in [2.45, 2.75) is 0 Å². The summed E-state index contributed by atoms with van der Waals surface area (Å²) in [4.78, 5) is 29.9. The number of thioether (sulfide) groups is 1. The van der Waals surface area contributed by atoms with Gasteiger partial charge in [0.25, 0.3) is 5.91 Å². The smallest absolute Gasteiger partial charge is 0.335 e. The molecule has 0 atom stereocenters. The average Bonchev–Trinajstić information content (AvgIpc) is 3.29. The second-order valence-corrected chi connectivity index (χ2v) is 7.45. The highest BCUT2D eigenvalue weighted by atomic mass is 32.2. The first kappa shape index (κ1) is 19.7. The molecule has 1 amide bonds. The Bertz CT molecular complexity index is 1220. The van der Waals surface area contributed by atoms with Crippen molar-refractivity contribution in [1.29, 1.82) is 0 Å². The standard InChI is InChI=1S/C22H15FN2O4S/c1-25-20(26)19(30-22(25)24-16-7-3-5-14(11-16)21(27)28)12-17-8-9-18(29-17)13-4-2-6-15(23)10-13/h2-12H,1H3,(H,27,28)/b19-12-,24-22?. The molecule has 0 unspecified atom stereocenters. The molecule has 1 aliphatic heterocycles. The Kier molecular flexibility index (Phi) is 5.24. The summed E-state index contributed by atoms with van der Waals surface area (Å²) in [7, 11) is 1.59. The van der Waals surface area contributed by atoms with E-state index in [2.05, 4.69) is 4.99 Å². The van der Waals surface area contributed by atoms with Gasteiger partial charge in [-0.05, 0) is 54.2 Å². The average molecular weight is 422 g/mol. The first-order valence-electron chi connectivity index (χ1n) is 8.86. The Labute approximate surface area is 175 Å². The topological polar surface area (TPSA) is 83.1 Å². The highest BCUT2D eigenvalue weighted by Gasteiger charge is 2.30. The third-order valence-corrected chi connectivity index (χ3v) is 5.39. The van der Waals surface area contributed by atoms with Crippen LogP contribution >= 0.6 is 11.8 Å². The SMILES string of the molecule is CN1C(=O)/C(=C/c2ccc(-c3cccc(F)c3)o2)SC1=Nc1cccc(C(=O)O)c1. The number of rotatable bonds is 4. The van der Waals surface area contributed by atoms with E-state index >= 15 is 0 Å². The van der Waals surface area contributed by atoms with Gasteiger partial charge in [0.15, 0.2) is 5.17 Å². The van der Waals surface area contributed by atoms with Gasteiger partial charge in [0.2, 0.25) is 0 Å². The molecule has 2 heterocycles. The largest absolute Gasteiger partial charge is 0.478 e. The monoisotopic (exact) mass is 422 g/mol. The fourth-order valence-electron chi connectivity index (χ4n) is 2.83. The number of likely N-dealkylation sites (N-methyl/N-ethyl adjacent to an activating group) is 1. The molecule has 30 heavy (non-hydrogen) atoms. The van der Waals surface area contributed by atoms with Crippen LogP contribution in [0.5, 0.6) is 0 Å². The summed E-state index contributed by atoms with van der Waals surface area (Å²) in [6.07, 6.45) is 1.60. The molecule has 0 aliphatic carbocycles. The van der Waals surface area contributed by atoms with E-state index in [0.717, 1.165) is 11.8 Å². The van der Waals surface area contributed by atoms with Crippen LogP contribution in [0.2, 0.25) is 0 Å². The number of halogens is 1. The number of aromatic carboxylic acids is 1. The molecule has 0 saturated carbocycles. The molecule has 0 radical (unpaired) electrons. The molecule has 1 aliphatic rings. The highest BCUT2D eigenvalue weighted by Crippen LogP contribution is 2.34. The lowest BCUT2D eigenvalue weighted by Crippen LogP contribution is -2.23. The summed E-state index contributed by atoms with van der Waals surface area (Å²) in [5.41, 5.74) is 1.15. The van der Waals surface area contributed by atoms with Gasteiger partial charge in [-0.15, -0.1) is 0 Å². The Morgan fingerprint density at radius 1 is 1.17 bits per heavy atom. The normalized spacial score (nSPS) is 16.6. The van der Waals surface area contributed by atoms with Crippen molar-refractivity contribution in [3.8, 4) is 11.3 Å². The number of amides is 1. The summed E-state index contributed by atoms with van der Waals surface area (Å²) < 4.78 is 19.2. The second-order valence-electron chi connectivity index (χ2n) is 6.44. The van der Waals surface area contributed by atoms with Crippen molar-refractivity contribution in [2.24, 2.45) is 4.99 Å². The van der Waals surface area contributed by atoms with Gasteiger partial charge in [0, 0.05) is 18.7 Å². The molecule has 8 heteroatoms. The van der Waals surface area contributed by atoms with Crippen molar-refractivity contribution in [2.75, 3.05) is 7.05 Å². The number of hydrogen-bond acceptors (Lipinski definition) is 5. The number of hydrogen-bond donors (Lipinski definition) is 1. The van der Waals surface area contributed by atoms with Gasteiger partial charge in [0.05, 0.1) is 16.2 Å². The fourth-order valence-corrected chi connectivity index (χ4v) is 3.79. The minimum Gasteiger partial charge on any atom is -0.478 e. The van der Waals surface area contributed by atoms with E-state index in [1.807, 2.05) is 0 Å². The van der Waals surface area contributed by atoms with Crippen LogP contribution in [-0.4, -0.2) is 34.1 Å². The molecule has 1 fully saturated rings. The summed E-state index contributed by atoms with van der Waals surface area (Å²) in [5.74, 6) is -0.721. The Morgan fingerprint density at radius 3 is 2.73 bits per heavy atom. The first-order chi connectivity index (χ1) is 14.4. The van der Waals surface area contributed by atoms with Crippen molar-refractivity contribution in [3.63, 3.8) is 0 Å². The molecule has 4 rings (SSSR count). The van der Waals surface area contributed by atoms with Gasteiger partial charge in [0.1, 0.15) is 17.3 Å². The molecule has 150 valence electrons. The van der Waals surface area contributed by atoms with Crippen molar-refractivity contribution < 1.29 is 23.5 Å². The van der Waals surface area contributed by atoms with Crippen LogP contribution in [0.25, 0.3) is 17.4 Å². The number of nitrogens with zero attached hydrogens (tertiary/aromatic N) is 2. The summed E-state index contributed by atoms with van der Waals surface area (Å²) >= 11 is 1.16. The first-order valence-corrected chi connectivity index (χ1v) is 9.68. The Morgan fingerprint density at radius 2 is 1.97 bits per heavy atom. The van der Waals surface area contributed by atoms with Gasteiger partial charge in [-0.1, -0.05) is 18.2 Å². The Hall–Kier alpha value is -3.65. The quantitative estimate of drug-likeness (QED) is 0.597. The van der Waals surface area contributed by atoms with E-state index in [1.165, 1.54) is 29.2 Å². The maximum absolute atomic E-state index is 13.4. The van der Waals surface area contributed by atoms with Crippen molar-refractivity contribution in [3.05, 3.63) is 82.7 Å². The molecule has 6 nitrogen and oxygen atoms in total. The zero-order chi connectivity index (χ0) is 21.3. The summed E-state index contributed by atoms with van der Waals surface area (Å²) in [6, 6.07) is 15.6. The molecule has 2 aromatic carbocycles. The predicted molar refractivity (Wildman–Crippen MR) is 113 cm³/mol. The predicted octanol–water partition coefficient (Wildman–Crippen LogP) is 5.02. The number of furan rings is 1. The van der Waals surface area contributed by atoms with Crippen LogP contribution in [0.1, 0.15) is 16.1 Å². The maximum Gasteiger partial charge on any atom is 0.335 e. The van der Waals surface area contributed by atoms with Gasteiger partial charge >= 0.3 is 5.97 Å². The number of amidine groups is 1. The van der Waals surface area contributed by atoms with Gasteiger partial charge in [-0.25, -0.2) is 14.2 Å². The molecule has 0 spiro atoms. The lowest BCUT2D eigenvalue weighted by Gasteiger charge is -2.07.